The molecule has 3 aliphatic rings. The highest BCUT2D eigenvalue weighted by Crippen LogP contribution is 2.58. The van der Waals surface area contributed by atoms with Gasteiger partial charge in [-0.3, -0.25) is 4.79 Å². The average molecular weight is 477 g/mol. The van der Waals surface area contributed by atoms with Crippen LogP contribution in [0.25, 0.3) is 0 Å². The van der Waals surface area contributed by atoms with E-state index in [2.05, 4.69) is 49.6 Å². The maximum Gasteiger partial charge on any atom is 0.407 e. The molecule has 190 valence electrons. The second-order valence-corrected chi connectivity index (χ2v) is 10.4. The van der Waals surface area contributed by atoms with Crippen molar-refractivity contribution in [1.82, 2.24) is 10.6 Å². The van der Waals surface area contributed by atoms with Crippen LogP contribution in [0.1, 0.15) is 59.8 Å². The molecule has 1 spiro atoms. The van der Waals surface area contributed by atoms with Gasteiger partial charge in [-0.1, -0.05) is 23.8 Å². The smallest absolute Gasteiger partial charge is 0.407 e. The quantitative estimate of drug-likeness (QED) is 0.409. The zero-order valence-electron chi connectivity index (χ0n) is 21.1. The number of hydrogen-bond acceptors (Lipinski definition) is 6. The van der Waals surface area contributed by atoms with Crippen molar-refractivity contribution in [3.8, 4) is 0 Å². The molecule has 2 N–H and O–H groups in total. The first-order valence-electron chi connectivity index (χ1n) is 12.2. The number of rotatable bonds is 8. The minimum absolute atomic E-state index is 0.0511. The molecular weight excluding hydrogens is 436 g/mol. The van der Waals surface area contributed by atoms with Crippen molar-refractivity contribution in [2.45, 2.75) is 89.9 Å². The molecule has 1 unspecified atom stereocenters. The lowest BCUT2D eigenvalue weighted by atomic mass is 9.82. The van der Waals surface area contributed by atoms with Gasteiger partial charge in [0.2, 0.25) is 5.91 Å². The standard InChI is InChI=1S/C26H40N2O6/c1-18(6-9-21-14-26(12-13-26)17-25(3,4)34-21)7-11-23-31-15-20(16-32-23)28-22(29)10-8-19(2)33-24(30)27-5/h6-10,19-21,23H,11-17H2,1-5H3,(H,27,30)(H,28,29)/b9-6+,10-8-,18-7+/t19-,20?,21?,23?/m0/s1. The van der Waals surface area contributed by atoms with E-state index < -0.39 is 12.2 Å². The molecule has 1 aliphatic carbocycles. The van der Waals surface area contributed by atoms with E-state index in [-0.39, 0.29) is 29.9 Å². The van der Waals surface area contributed by atoms with Crippen LogP contribution < -0.4 is 10.6 Å². The van der Waals surface area contributed by atoms with Gasteiger partial charge < -0.3 is 29.6 Å². The molecule has 3 rings (SSSR count). The Morgan fingerprint density at radius 3 is 2.53 bits per heavy atom. The zero-order valence-corrected chi connectivity index (χ0v) is 21.1. The minimum Gasteiger partial charge on any atom is -0.442 e. The van der Waals surface area contributed by atoms with Crippen LogP contribution in [0.4, 0.5) is 4.79 Å². The molecule has 0 bridgehead atoms. The van der Waals surface area contributed by atoms with Crippen molar-refractivity contribution in [2.24, 2.45) is 5.41 Å². The number of carbonyl (C=O) groups excluding carboxylic acids is 2. The van der Waals surface area contributed by atoms with Crippen LogP contribution in [0.5, 0.6) is 0 Å². The van der Waals surface area contributed by atoms with E-state index in [1.807, 2.05) is 0 Å². The molecule has 2 heterocycles. The normalized spacial score (nSPS) is 29.2. The van der Waals surface area contributed by atoms with Gasteiger partial charge in [-0.05, 0) is 64.9 Å². The summed E-state index contributed by atoms with van der Waals surface area (Å²) < 4.78 is 22.8. The van der Waals surface area contributed by atoms with Crippen molar-refractivity contribution < 1.29 is 28.5 Å². The van der Waals surface area contributed by atoms with E-state index in [4.69, 9.17) is 18.9 Å². The third-order valence-corrected chi connectivity index (χ3v) is 6.40. The highest BCUT2D eigenvalue weighted by molar-refractivity contribution is 5.87. The van der Waals surface area contributed by atoms with Crippen LogP contribution in [-0.4, -0.2) is 62.4 Å². The lowest BCUT2D eigenvalue weighted by Gasteiger charge is -2.40. The van der Waals surface area contributed by atoms with Crippen molar-refractivity contribution in [3.63, 3.8) is 0 Å². The van der Waals surface area contributed by atoms with Gasteiger partial charge in [0, 0.05) is 19.5 Å². The number of allylic oxidation sites excluding steroid dienone is 2. The first-order chi connectivity index (χ1) is 16.1. The Balaban J connectivity index is 1.35. The van der Waals surface area contributed by atoms with Gasteiger partial charge in [-0.25, -0.2) is 4.79 Å². The second kappa shape index (κ2) is 11.5. The van der Waals surface area contributed by atoms with E-state index >= 15 is 0 Å². The number of alkyl carbamates (subject to hydrolysis) is 1. The fraction of sp³-hybridized carbons (Fsp3) is 0.692. The molecule has 2 saturated heterocycles. The number of hydrogen-bond donors (Lipinski definition) is 2. The van der Waals surface area contributed by atoms with Crippen LogP contribution in [0.15, 0.2) is 36.0 Å². The number of ether oxygens (including phenoxy) is 4. The SMILES string of the molecule is CNC(=O)O[C@@H](C)/C=C\C(=O)NC1COC(C/C=C(C)/C=C/C2CC3(CC3)CC(C)(C)O2)OC1. The maximum absolute atomic E-state index is 12.1. The molecule has 0 aromatic carbocycles. The van der Waals surface area contributed by atoms with Gasteiger partial charge in [0.25, 0.3) is 0 Å². The Morgan fingerprint density at radius 2 is 1.88 bits per heavy atom. The summed E-state index contributed by atoms with van der Waals surface area (Å²) in [5, 5.41) is 5.19. The first-order valence-corrected chi connectivity index (χ1v) is 12.2. The summed E-state index contributed by atoms with van der Waals surface area (Å²) in [5.74, 6) is -0.287. The highest BCUT2D eigenvalue weighted by Gasteiger charge is 2.51. The summed E-state index contributed by atoms with van der Waals surface area (Å²) in [6.07, 6.45) is 13.7. The summed E-state index contributed by atoms with van der Waals surface area (Å²) in [5.41, 5.74) is 1.61. The number of carbonyl (C=O) groups is 2. The van der Waals surface area contributed by atoms with Gasteiger partial charge >= 0.3 is 6.09 Å². The van der Waals surface area contributed by atoms with E-state index in [0.29, 0.717) is 25.0 Å². The van der Waals surface area contributed by atoms with E-state index in [1.165, 1.54) is 38.5 Å². The van der Waals surface area contributed by atoms with E-state index in [9.17, 15) is 9.59 Å². The predicted octanol–water partition coefficient (Wildman–Crippen LogP) is 3.78. The van der Waals surface area contributed by atoms with Crippen LogP contribution >= 0.6 is 0 Å². The molecular formula is C26H40N2O6. The molecule has 0 radical (unpaired) electrons. The Hall–Kier alpha value is -2.16. The number of amides is 2. The van der Waals surface area contributed by atoms with Gasteiger partial charge in [-0.2, -0.15) is 0 Å². The first kappa shape index (κ1) is 26.4. The van der Waals surface area contributed by atoms with Crippen molar-refractivity contribution in [1.29, 1.82) is 0 Å². The molecule has 2 aliphatic heterocycles. The minimum atomic E-state index is -0.546. The largest absolute Gasteiger partial charge is 0.442 e. The lowest BCUT2D eigenvalue weighted by Crippen LogP contribution is -2.46. The zero-order chi connectivity index (χ0) is 24.8. The second-order valence-electron chi connectivity index (χ2n) is 10.4. The summed E-state index contributed by atoms with van der Waals surface area (Å²) in [6.45, 7) is 8.90. The Morgan fingerprint density at radius 1 is 1.18 bits per heavy atom. The van der Waals surface area contributed by atoms with Crippen LogP contribution in [-0.2, 0) is 23.7 Å². The number of nitrogens with one attached hydrogen (secondary N) is 2. The van der Waals surface area contributed by atoms with Gasteiger partial charge in [-0.15, -0.1) is 0 Å². The highest BCUT2D eigenvalue weighted by atomic mass is 16.7. The molecule has 2 atom stereocenters. The van der Waals surface area contributed by atoms with E-state index in [0.717, 1.165) is 12.0 Å². The van der Waals surface area contributed by atoms with Crippen LogP contribution in [0.3, 0.4) is 0 Å². The van der Waals surface area contributed by atoms with Gasteiger partial charge in [0.15, 0.2) is 6.29 Å². The molecule has 1 saturated carbocycles. The lowest BCUT2D eigenvalue weighted by molar-refractivity contribution is -0.187. The Kier molecular flexibility index (Phi) is 8.95. The molecule has 34 heavy (non-hydrogen) atoms. The fourth-order valence-electron chi connectivity index (χ4n) is 4.67. The molecule has 2 amide bonds. The van der Waals surface area contributed by atoms with Crippen molar-refractivity contribution in [2.75, 3.05) is 20.3 Å². The molecule has 3 fully saturated rings. The maximum atomic E-state index is 12.1. The summed E-state index contributed by atoms with van der Waals surface area (Å²) >= 11 is 0. The van der Waals surface area contributed by atoms with Gasteiger partial charge in [0.05, 0.1) is 31.0 Å². The van der Waals surface area contributed by atoms with Gasteiger partial charge in [0.1, 0.15) is 6.10 Å². The summed E-state index contributed by atoms with van der Waals surface area (Å²) in [7, 11) is 1.48. The molecule has 8 nitrogen and oxygen atoms in total. The van der Waals surface area contributed by atoms with Crippen molar-refractivity contribution >= 4 is 12.0 Å². The average Bonchev–Trinajstić information content (AvgIpc) is 3.51. The molecule has 0 aromatic rings. The topological polar surface area (TPSA) is 95.1 Å². The van der Waals surface area contributed by atoms with Crippen molar-refractivity contribution in [3.05, 3.63) is 36.0 Å². The Labute approximate surface area is 203 Å². The third kappa shape index (κ3) is 8.56. The van der Waals surface area contributed by atoms with Crippen LogP contribution in [0, 0.1) is 5.41 Å². The van der Waals surface area contributed by atoms with Crippen LogP contribution in [0.2, 0.25) is 0 Å². The predicted molar refractivity (Wildman–Crippen MR) is 129 cm³/mol. The summed E-state index contributed by atoms with van der Waals surface area (Å²) in [4.78, 5) is 23.2. The molecule has 8 heteroatoms. The summed E-state index contributed by atoms with van der Waals surface area (Å²) in [6, 6.07) is -0.227. The third-order valence-electron chi connectivity index (χ3n) is 6.40. The Bertz CT molecular complexity index is 800. The molecule has 0 aromatic heterocycles. The fourth-order valence-corrected chi connectivity index (χ4v) is 4.67. The monoisotopic (exact) mass is 476 g/mol. The van der Waals surface area contributed by atoms with E-state index in [1.54, 1.807) is 6.92 Å².